The number of amides is 1. The van der Waals surface area contributed by atoms with Crippen molar-refractivity contribution in [1.29, 1.82) is 0 Å². The number of ether oxygens (including phenoxy) is 2. The summed E-state index contributed by atoms with van der Waals surface area (Å²) in [5.41, 5.74) is 7.22. The monoisotopic (exact) mass is 405 g/mol. The number of hydrogen-bond donors (Lipinski definition) is 2. The topological polar surface area (TPSA) is 97.9 Å². The van der Waals surface area contributed by atoms with Gasteiger partial charge in [-0.2, -0.15) is 0 Å². The van der Waals surface area contributed by atoms with E-state index in [2.05, 4.69) is 9.88 Å². The predicted octanol–water partition coefficient (Wildman–Crippen LogP) is 1.64. The van der Waals surface area contributed by atoms with E-state index in [-0.39, 0.29) is 18.6 Å². The molecule has 1 aliphatic rings. The van der Waals surface area contributed by atoms with Crippen molar-refractivity contribution in [2.45, 2.75) is 19.1 Å². The lowest BCUT2D eigenvalue weighted by atomic mass is 9.97. The molecule has 150 valence electrons. The Kier molecular flexibility index (Phi) is 6.72. The Bertz CT molecular complexity index is 819. The number of methoxy groups -OCH3 is 1. The first kappa shape index (κ1) is 20.4. The van der Waals surface area contributed by atoms with Crippen LogP contribution in [0, 0.1) is 5.92 Å². The van der Waals surface area contributed by atoms with Crippen molar-refractivity contribution < 1.29 is 19.4 Å². The van der Waals surface area contributed by atoms with Crippen molar-refractivity contribution in [3.05, 3.63) is 52.8 Å². The molecule has 3 N–H and O–H groups in total. The molecule has 1 fully saturated rings. The second-order valence-electron chi connectivity index (χ2n) is 6.95. The number of pyridine rings is 1. The van der Waals surface area contributed by atoms with Gasteiger partial charge in [0.1, 0.15) is 0 Å². The molecule has 1 saturated heterocycles. The Labute approximate surface area is 169 Å². The highest BCUT2D eigenvalue weighted by Gasteiger charge is 2.31. The third-order valence-electron chi connectivity index (χ3n) is 4.78. The normalized spacial score (nSPS) is 19.5. The Morgan fingerprint density at radius 2 is 2.07 bits per heavy atom. The van der Waals surface area contributed by atoms with Crippen LogP contribution >= 0.6 is 11.6 Å². The number of rotatable bonds is 8. The van der Waals surface area contributed by atoms with Gasteiger partial charge in [0.05, 0.1) is 18.2 Å². The molecule has 1 aromatic heterocycles. The van der Waals surface area contributed by atoms with Gasteiger partial charge in [-0.1, -0.05) is 11.6 Å². The standard InChI is InChI=1S/C20H24ClN3O4/c1-27-18-8-14(7-16(21)20(18)28-12-19(22)26)9-24-10-15(17(25)11-24)6-13-2-4-23-5-3-13/h2-5,7-8,15,17,25H,6,9-12H2,1H3,(H2,22,26)/t15-,17+/m1/s1. The summed E-state index contributed by atoms with van der Waals surface area (Å²) in [7, 11) is 1.51. The third kappa shape index (κ3) is 5.13. The number of aliphatic hydroxyl groups is 1. The number of halogens is 1. The second kappa shape index (κ2) is 9.23. The van der Waals surface area contributed by atoms with Crippen LogP contribution < -0.4 is 15.2 Å². The Hall–Kier alpha value is -2.35. The molecule has 1 aromatic carbocycles. The van der Waals surface area contributed by atoms with Crippen LogP contribution in [0.2, 0.25) is 5.02 Å². The molecule has 2 heterocycles. The van der Waals surface area contributed by atoms with E-state index >= 15 is 0 Å². The zero-order chi connectivity index (χ0) is 20.1. The molecule has 0 saturated carbocycles. The number of hydrogen-bond acceptors (Lipinski definition) is 6. The maximum absolute atomic E-state index is 11.0. The van der Waals surface area contributed by atoms with Crippen LogP contribution in [0.1, 0.15) is 11.1 Å². The van der Waals surface area contributed by atoms with Crippen LogP contribution in [-0.2, 0) is 17.8 Å². The van der Waals surface area contributed by atoms with Crippen LogP contribution in [0.15, 0.2) is 36.7 Å². The van der Waals surface area contributed by atoms with Crippen LogP contribution in [0.5, 0.6) is 11.5 Å². The number of nitrogens with zero attached hydrogens (tertiary/aromatic N) is 2. The van der Waals surface area contributed by atoms with Crippen molar-refractivity contribution in [3.8, 4) is 11.5 Å². The summed E-state index contributed by atoms with van der Waals surface area (Å²) < 4.78 is 10.7. The Balaban J connectivity index is 1.66. The summed E-state index contributed by atoms with van der Waals surface area (Å²) >= 11 is 6.32. The minimum atomic E-state index is -0.589. The summed E-state index contributed by atoms with van der Waals surface area (Å²) in [4.78, 5) is 17.2. The van der Waals surface area contributed by atoms with Crippen molar-refractivity contribution in [1.82, 2.24) is 9.88 Å². The van der Waals surface area contributed by atoms with Crippen LogP contribution in [0.4, 0.5) is 0 Å². The van der Waals surface area contributed by atoms with Crippen LogP contribution in [-0.4, -0.2) is 53.8 Å². The highest BCUT2D eigenvalue weighted by molar-refractivity contribution is 6.32. The van der Waals surface area contributed by atoms with Crippen molar-refractivity contribution in [2.75, 3.05) is 26.8 Å². The molecule has 7 nitrogen and oxygen atoms in total. The highest BCUT2D eigenvalue weighted by atomic mass is 35.5. The minimum absolute atomic E-state index is 0.165. The number of aliphatic hydroxyl groups excluding tert-OH is 1. The van der Waals surface area contributed by atoms with Gasteiger partial charge in [0.15, 0.2) is 18.1 Å². The minimum Gasteiger partial charge on any atom is -0.493 e. The zero-order valence-electron chi connectivity index (χ0n) is 15.7. The number of primary amides is 1. The van der Waals surface area contributed by atoms with Gasteiger partial charge in [-0.3, -0.25) is 14.7 Å². The number of β-amino-alcohol motifs (C(OH)–C–C–N with tert-alkyl or cyclic N) is 1. The van der Waals surface area contributed by atoms with Gasteiger partial charge >= 0.3 is 0 Å². The molecule has 0 unspecified atom stereocenters. The molecule has 1 amide bonds. The highest BCUT2D eigenvalue weighted by Crippen LogP contribution is 2.37. The lowest BCUT2D eigenvalue weighted by Crippen LogP contribution is -2.22. The zero-order valence-corrected chi connectivity index (χ0v) is 16.4. The summed E-state index contributed by atoms with van der Waals surface area (Å²) in [6.45, 7) is 1.72. The van der Waals surface area contributed by atoms with Gasteiger partial charge in [0, 0.05) is 37.9 Å². The molecule has 28 heavy (non-hydrogen) atoms. The van der Waals surface area contributed by atoms with Crippen LogP contribution in [0.3, 0.4) is 0 Å². The Morgan fingerprint density at radius 3 is 2.75 bits per heavy atom. The predicted molar refractivity (Wildman–Crippen MR) is 105 cm³/mol. The average Bonchev–Trinajstić information content (AvgIpc) is 3.00. The first-order valence-electron chi connectivity index (χ1n) is 9.03. The van der Waals surface area contributed by atoms with Gasteiger partial charge < -0.3 is 20.3 Å². The maximum atomic E-state index is 11.0. The Morgan fingerprint density at radius 1 is 1.32 bits per heavy atom. The molecule has 0 aliphatic carbocycles. The molecule has 8 heteroatoms. The molecular weight excluding hydrogens is 382 g/mol. The number of aromatic nitrogens is 1. The first-order chi connectivity index (χ1) is 13.5. The molecule has 1 aliphatic heterocycles. The SMILES string of the molecule is COc1cc(CN2C[C@@H](Cc3ccncc3)[C@@H](O)C2)cc(Cl)c1OCC(N)=O. The molecule has 2 atom stereocenters. The van der Waals surface area contributed by atoms with E-state index in [4.69, 9.17) is 26.8 Å². The van der Waals surface area contributed by atoms with E-state index in [9.17, 15) is 9.90 Å². The lowest BCUT2D eigenvalue weighted by Gasteiger charge is -2.18. The quantitative estimate of drug-likeness (QED) is 0.693. The number of likely N-dealkylation sites (tertiary alicyclic amines) is 1. The van der Waals surface area contributed by atoms with Crippen LogP contribution in [0.25, 0.3) is 0 Å². The summed E-state index contributed by atoms with van der Waals surface area (Å²) in [5.74, 6) is 0.312. The molecule has 0 radical (unpaired) electrons. The van der Waals surface area contributed by atoms with Crippen molar-refractivity contribution in [3.63, 3.8) is 0 Å². The van der Waals surface area contributed by atoms with Gasteiger partial charge in [-0.25, -0.2) is 0 Å². The molecule has 0 bridgehead atoms. The van der Waals surface area contributed by atoms with Gasteiger partial charge in [-0.05, 0) is 41.8 Å². The van der Waals surface area contributed by atoms with E-state index < -0.39 is 5.91 Å². The molecule has 0 spiro atoms. The van der Waals surface area contributed by atoms with Gasteiger partial charge in [0.2, 0.25) is 0 Å². The average molecular weight is 406 g/mol. The number of carbonyl (C=O) groups excluding carboxylic acids is 1. The fourth-order valence-electron chi connectivity index (χ4n) is 3.50. The number of benzene rings is 1. The smallest absolute Gasteiger partial charge is 0.255 e. The van der Waals surface area contributed by atoms with E-state index in [1.54, 1.807) is 18.5 Å². The largest absolute Gasteiger partial charge is 0.493 e. The summed E-state index contributed by atoms with van der Waals surface area (Å²) in [6.07, 6.45) is 3.96. The molecule has 3 rings (SSSR count). The van der Waals surface area contributed by atoms with Crippen molar-refractivity contribution >= 4 is 17.5 Å². The maximum Gasteiger partial charge on any atom is 0.255 e. The molecular formula is C20H24ClN3O4. The number of carbonyl (C=O) groups is 1. The van der Waals surface area contributed by atoms with E-state index in [0.717, 1.165) is 18.5 Å². The van der Waals surface area contributed by atoms with Gasteiger partial charge in [-0.15, -0.1) is 0 Å². The van der Waals surface area contributed by atoms with Crippen molar-refractivity contribution in [2.24, 2.45) is 11.7 Å². The fraction of sp³-hybridized carbons (Fsp3) is 0.400. The third-order valence-corrected chi connectivity index (χ3v) is 5.06. The summed E-state index contributed by atoms with van der Waals surface area (Å²) in [6, 6.07) is 7.56. The summed E-state index contributed by atoms with van der Waals surface area (Å²) in [5, 5.41) is 10.8. The molecule has 2 aromatic rings. The first-order valence-corrected chi connectivity index (χ1v) is 9.41. The lowest BCUT2D eigenvalue weighted by molar-refractivity contribution is -0.119. The van der Waals surface area contributed by atoms with E-state index in [0.29, 0.717) is 29.6 Å². The van der Waals surface area contributed by atoms with E-state index in [1.165, 1.54) is 12.7 Å². The van der Waals surface area contributed by atoms with E-state index in [1.807, 2.05) is 18.2 Å². The second-order valence-corrected chi connectivity index (χ2v) is 7.35. The number of nitrogens with two attached hydrogens (primary N) is 1. The fourth-order valence-corrected chi connectivity index (χ4v) is 3.79. The van der Waals surface area contributed by atoms with Gasteiger partial charge in [0.25, 0.3) is 5.91 Å².